The molecule has 3 rings (SSSR count). The molecule has 0 radical (unpaired) electrons. The molecule has 0 spiro atoms. The van der Waals surface area contributed by atoms with E-state index in [9.17, 15) is 13.2 Å². The molecule has 1 N–H and O–H groups in total. The summed E-state index contributed by atoms with van der Waals surface area (Å²) in [6, 6.07) is 4.96. The molecule has 1 aliphatic heterocycles. The van der Waals surface area contributed by atoms with Gasteiger partial charge in [0, 0.05) is 37.8 Å². The maximum atomic E-state index is 12.7. The summed E-state index contributed by atoms with van der Waals surface area (Å²) >= 11 is 7.22. The number of carbonyl (C=O) groups excluding carboxylic acids is 1. The van der Waals surface area contributed by atoms with Crippen LogP contribution < -0.4 is 0 Å². The van der Waals surface area contributed by atoms with Crippen molar-refractivity contribution in [3.63, 3.8) is 0 Å². The number of sulfonamides is 1. The first-order valence-corrected chi connectivity index (χ1v) is 10.2. The molecule has 0 atom stereocenters. The van der Waals surface area contributed by atoms with Gasteiger partial charge in [-0.15, -0.1) is 11.3 Å². The van der Waals surface area contributed by atoms with E-state index in [1.807, 2.05) is 0 Å². The number of hydrogen-bond donors (Lipinski definition) is 1. The van der Waals surface area contributed by atoms with Gasteiger partial charge in [0.15, 0.2) is 0 Å². The molecular weight excluding hydrogens is 370 g/mol. The summed E-state index contributed by atoms with van der Waals surface area (Å²) in [5.41, 5.74) is 0.308. The smallest absolute Gasteiger partial charge is 0.270 e. The van der Waals surface area contributed by atoms with Gasteiger partial charge in [-0.3, -0.25) is 4.79 Å². The summed E-state index contributed by atoms with van der Waals surface area (Å²) in [4.78, 5) is 17.8. The lowest BCUT2D eigenvalue weighted by Crippen LogP contribution is -2.28. The van der Waals surface area contributed by atoms with Crippen molar-refractivity contribution >= 4 is 38.9 Å². The van der Waals surface area contributed by atoms with E-state index in [1.54, 1.807) is 17.0 Å². The minimum Gasteiger partial charge on any atom is -0.356 e. The zero-order valence-electron chi connectivity index (χ0n) is 13.2. The fourth-order valence-corrected chi connectivity index (χ4v) is 5.02. The highest BCUT2D eigenvalue weighted by Crippen LogP contribution is 2.25. The van der Waals surface area contributed by atoms with Gasteiger partial charge in [0.05, 0.1) is 4.34 Å². The van der Waals surface area contributed by atoms with Crippen molar-refractivity contribution in [3.05, 3.63) is 39.3 Å². The largest absolute Gasteiger partial charge is 0.356 e. The van der Waals surface area contributed by atoms with E-state index in [-0.39, 0.29) is 17.3 Å². The van der Waals surface area contributed by atoms with Gasteiger partial charge in [-0.1, -0.05) is 11.6 Å². The number of nitrogens with zero attached hydrogens (tertiary/aromatic N) is 2. The fourth-order valence-electron chi connectivity index (χ4n) is 2.66. The zero-order valence-corrected chi connectivity index (χ0v) is 15.5. The quantitative estimate of drug-likeness (QED) is 0.857. The minimum absolute atomic E-state index is 0.0928. The van der Waals surface area contributed by atoms with Crippen LogP contribution in [0.15, 0.2) is 29.3 Å². The van der Waals surface area contributed by atoms with Crippen LogP contribution in [0.3, 0.4) is 0 Å². The highest BCUT2D eigenvalue weighted by atomic mass is 35.5. The normalized spacial score (nSPS) is 15.4. The maximum absolute atomic E-state index is 12.7. The Morgan fingerprint density at radius 2 is 2.08 bits per heavy atom. The SMILES string of the molecule is CN(Cc1ccc(Cl)s1)S(=O)(=O)c1c[nH]c(C(=O)N2CCCC2)c1. The number of halogens is 1. The maximum Gasteiger partial charge on any atom is 0.270 e. The number of likely N-dealkylation sites (tertiary alicyclic amines) is 1. The molecule has 130 valence electrons. The Bertz CT molecular complexity index is 838. The molecule has 1 aliphatic rings. The average Bonchev–Trinajstić information content (AvgIpc) is 3.28. The molecule has 24 heavy (non-hydrogen) atoms. The minimum atomic E-state index is -3.67. The van der Waals surface area contributed by atoms with Crippen molar-refractivity contribution in [2.75, 3.05) is 20.1 Å². The molecule has 2 aromatic heterocycles. The standard InChI is InChI=1S/C15H18ClN3O3S2/c1-18(10-11-4-5-14(16)23-11)24(21,22)12-8-13(17-9-12)15(20)19-6-2-3-7-19/h4-5,8-9,17H,2-3,6-7,10H2,1H3. The van der Waals surface area contributed by atoms with Crippen LogP contribution in [0.4, 0.5) is 0 Å². The Morgan fingerprint density at radius 3 is 2.71 bits per heavy atom. The Balaban J connectivity index is 1.76. The van der Waals surface area contributed by atoms with E-state index in [0.29, 0.717) is 10.0 Å². The van der Waals surface area contributed by atoms with E-state index in [0.717, 1.165) is 30.8 Å². The van der Waals surface area contributed by atoms with Crippen molar-refractivity contribution in [3.8, 4) is 0 Å². The molecule has 6 nitrogen and oxygen atoms in total. The summed E-state index contributed by atoms with van der Waals surface area (Å²) in [5, 5.41) is 0. The van der Waals surface area contributed by atoms with Gasteiger partial charge >= 0.3 is 0 Å². The molecule has 2 aromatic rings. The van der Waals surface area contributed by atoms with Crippen LogP contribution in [0, 0.1) is 0 Å². The van der Waals surface area contributed by atoms with Crippen LogP contribution in [0.2, 0.25) is 4.34 Å². The summed E-state index contributed by atoms with van der Waals surface area (Å²) in [6.07, 6.45) is 3.35. The van der Waals surface area contributed by atoms with Crippen molar-refractivity contribution < 1.29 is 13.2 Å². The summed E-state index contributed by atoms with van der Waals surface area (Å²) < 4.78 is 27.2. The van der Waals surface area contributed by atoms with Crippen LogP contribution >= 0.6 is 22.9 Å². The van der Waals surface area contributed by atoms with E-state index < -0.39 is 10.0 Å². The second kappa shape index (κ2) is 6.87. The third-order valence-corrected chi connectivity index (χ3v) is 6.99. The van der Waals surface area contributed by atoms with Crippen LogP contribution in [0.25, 0.3) is 0 Å². The number of amides is 1. The molecule has 0 bridgehead atoms. The summed E-state index contributed by atoms with van der Waals surface area (Å²) in [5.74, 6) is -0.151. The Labute approximate surface area is 150 Å². The first kappa shape index (κ1) is 17.5. The van der Waals surface area contributed by atoms with Crippen LogP contribution in [0.5, 0.6) is 0 Å². The molecule has 0 unspecified atom stereocenters. The molecule has 0 aliphatic carbocycles. The molecule has 9 heteroatoms. The Hall–Kier alpha value is -1.35. The topological polar surface area (TPSA) is 73.5 Å². The molecule has 0 saturated carbocycles. The third-order valence-electron chi connectivity index (χ3n) is 4.00. The predicted octanol–water partition coefficient (Wildman–Crippen LogP) is 2.79. The first-order valence-electron chi connectivity index (χ1n) is 7.56. The monoisotopic (exact) mass is 387 g/mol. The van der Waals surface area contributed by atoms with Gasteiger partial charge in [-0.2, -0.15) is 4.31 Å². The lowest BCUT2D eigenvalue weighted by Gasteiger charge is -2.15. The van der Waals surface area contributed by atoms with E-state index in [1.165, 1.54) is 35.0 Å². The number of nitrogens with one attached hydrogen (secondary N) is 1. The number of aromatic nitrogens is 1. The molecule has 0 aromatic carbocycles. The van der Waals surface area contributed by atoms with E-state index >= 15 is 0 Å². The number of thiophene rings is 1. The van der Waals surface area contributed by atoms with Crippen molar-refractivity contribution in [2.45, 2.75) is 24.3 Å². The number of hydrogen-bond acceptors (Lipinski definition) is 4. The van der Waals surface area contributed by atoms with E-state index in [4.69, 9.17) is 11.6 Å². The van der Waals surface area contributed by atoms with Crippen molar-refractivity contribution in [1.29, 1.82) is 0 Å². The zero-order chi connectivity index (χ0) is 17.3. The Morgan fingerprint density at radius 1 is 1.38 bits per heavy atom. The lowest BCUT2D eigenvalue weighted by atomic mass is 10.4. The van der Waals surface area contributed by atoms with Gasteiger partial charge in [0.25, 0.3) is 5.91 Å². The molecule has 3 heterocycles. The van der Waals surface area contributed by atoms with Gasteiger partial charge in [0.2, 0.25) is 10.0 Å². The number of carbonyl (C=O) groups is 1. The fraction of sp³-hybridized carbons (Fsp3) is 0.400. The van der Waals surface area contributed by atoms with Gasteiger partial charge < -0.3 is 9.88 Å². The van der Waals surface area contributed by atoms with E-state index in [2.05, 4.69) is 4.98 Å². The van der Waals surface area contributed by atoms with Crippen LogP contribution in [-0.4, -0.2) is 48.7 Å². The highest BCUT2D eigenvalue weighted by Gasteiger charge is 2.26. The van der Waals surface area contributed by atoms with Crippen LogP contribution in [0.1, 0.15) is 28.2 Å². The van der Waals surface area contributed by atoms with Gasteiger partial charge in [-0.05, 0) is 31.0 Å². The summed E-state index contributed by atoms with van der Waals surface area (Å²) in [7, 11) is -2.16. The lowest BCUT2D eigenvalue weighted by molar-refractivity contribution is 0.0787. The second-order valence-electron chi connectivity index (χ2n) is 5.72. The average molecular weight is 388 g/mol. The Kier molecular flexibility index (Phi) is 5.00. The van der Waals surface area contributed by atoms with Gasteiger partial charge in [-0.25, -0.2) is 8.42 Å². The first-order chi connectivity index (χ1) is 11.4. The third kappa shape index (κ3) is 3.51. The predicted molar refractivity (Wildman–Crippen MR) is 93.9 cm³/mol. The molecule has 1 saturated heterocycles. The highest BCUT2D eigenvalue weighted by molar-refractivity contribution is 7.89. The number of aromatic amines is 1. The summed E-state index contributed by atoms with van der Waals surface area (Å²) in [6.45, 7) is 1.68. The number of rotatable bonds is 5. The van der Waals surface area contributed by atoms with Gasteiger partial charge in [0.1, 0.15) is 10.6 Å². The molecular formula is C15H18ClN3O3S2. The number of H-pyrrole nitrogens is 1. The second-order valence-corrected chi connectivity index (χ2v) is 9.56. The molecule has 1 amide bonds. The van der Waals surface area contributed by atoms with Crippen molar-refractivity contribution in [1.82, 2.24) is 14.2 Å². The van der Waals surface area contributed by atoms with Crippen LogP contribution in [-0.2, 0) is 16.6 Å². The van der Waals surface area contributed by atoms with Crippen molar-refractivity contribution in [2.24, 2.45) is 0 Å². The molecule has 1 fully saturated rings.